The monoisotopic (exact) mass is 394 g/mol. The zero-order valence-corrected chi connectivity index (χ0v) is 13.0. The van der Waals surface area contributed by atoms with Gasteiger partial charge in [0, 0.05) is 0 Å². The Bertz CT molecular complexity index is 886. The van der Waals surface area contributed by atoms with Crippen molar-refractivity contribution in [1.29, 1.82) is 0 Å². The average Bonchev–Trinajstić information content (AvgIpc) is 2.75. The minimum atomic E-state index is -4.78. The second-order valence-electron chi connectivity index (χ2n) is 4.63. The van der Waals surface area contributed by atoms with Gasteiger partial charge in [0.25, 0.3) is 0 Å². The van der Waals surface area contributed by atoms with Crippen molar-refractivity contribution in [1.82, 2.24) is 4.98 Å². The highest BCUT2D eigenvalue weighted by Gasteiger charge is 2.54. The largest absolute Gasteiger partial charge is 0.418 e. The molecule has 2 heterocycles. The SMILES string of the molecule is O=c1[nH]c2c(o1)=NC(c1ccccc1)C(Cl)(Br)C=2C(F)(F)F. The van der Waals surface area contributed by atoms with E-state index in [1.807, 2.05) is 4.98 Å². The van der Waals surface area contributed by atoms with Gasteiger partial charge in [-0.25, -0.2) is 9.79 Å². The van der Waals surface area contributed by atoms with Crippen LogP contribution in [0.15, 0.2) is 44.5 Å². The molecule has 22 heavy (non-hydrogen) atoms. The van der Waals surface area contributed by atoms with E-state index in [-0.39, 0.29) is 0 Å². The quantitative estimate of drug-likeness (QED) is 0.754. The van der Waals surface area contributed by atoms with Gasteiger partial charge in [-0.3, -0.25) is 4.98 Å². The minimum absolute atomic E-state index is 0.415. The van der Waals surface area contributed by atoms with Gasteiger partial charge < -0.3 is 4.42 Å². The van der Waals surface area contributed by atoms with Crippen LogP contribution in [0.5, 0.6) is 0 Å². The molecule has 2 atom stereocenters. The number of nitrogens with zero attached hydrogens (tertiary/aromatic N) is 1. The molecule has 0 radical (unpaired) electrons. The number of benzene rings is 1. The maximum atomic E-state index is 13.5. The number of alkyl halides is 5. The second kappa shape index (κ2) is 4.99. The van der Waals surface area contributed by atoms with Crippen molar-refractivity contribution >= 4 is 33.1 Å². The first-order valence-electron chi connectivity index (χ1n) is 6.03. The summed E-state index contributed by atoms with van der Waals surface area (Å²) in [4.78, 5) is 17.3. The molecule has 3 rings (SSSR count). The first-order valence-corrected chi connectivity index (χ1v) is 7.20. The standard InChI is InChI=1S/C13H7BrClF3N2O2/c14-12(15)8(13(16,17)18)7-10(22-11(21)19-7)20-9(12)6-4-2-1-3-5-6/h1-5,9H,(H,19,21). The van der Waals surface area contributed by atoms with Crippen LogP contribution in [-0.2, 0) is 0 Å². The summed E-state index contributed by atoms with van der Waals surface area (Å²) >= 11 is 9.09. The topological polar surface area (TPSA) is 58.4 Å². The van der Waals surface area contributed by atoms with Gasteiger partial charge in [0.1, 0.15) is 11.4 Å². The van der Waals surface area contributed by atoms with E-state index in [0.29, 0.717) is 5.56 Å². The maximum absolute atomic E-state index is 13.5. The second-order valence-corrected chi connectivity index (χ2v) is 6.94. The van der Waals surface area contributed by atoms with Crippen LogP contribution in [-0.4, -0.2) is 14.9 Å². The Hall–Kier alpha value is -1.54. The van der Waals surface area contributed by atoms with E-state index in [4.69, 9.17) is 16.0 Å². The predicted octanol–water partition coefficient (Wildman–Crippen LogP) is 2.39. The van der Waals surface area contributed by atoms with Crippen molar-refractivity contribution in [2.24, 2.45) is 4.99 Å². The Morgan fingerprint density at radius 2 is 1.95 bits per heavy atom. The molecule has 2 unspecified atom stereocenters. The Kier molecular flexibility index (Phi) is 3.48. The molecule has 0 fully saturated rings. The summed E-state index contributed by atoms with van der Waals surface area (Å²) in [6.45, 7) is 0. The highest BCUT2D eigenvalue weighted by Crippen LogP contribution is 2.52. The van der Waals surface area contributed by atoms with Crippen LogP contribution in [0, 0.1) is 0 Å². The Labute approximate surface area is 134 Å². The number of aromatic amines is 1. The van der Waals surface area contributed by atoms with Gasteiger partial charge in [-0.05, 0) is 5.56 Å². The van der Waals surface area contributed by atoms with Gasteiger partial charge in [0.2, 0.25) is 5.55 Å². The summed E-state index contributed by atoms with van der Waals surface area (Å²) in [7, 11) is 0. The molecule has 0 saturated heterocycles. The summed E-state index contributed by atoms with van der Waals surface area (Å²) in [5.74, 6) is -1.02. The lowest BCUT2D eigenvalue weighted by Crippen LogP contribution is -2.46. The number of halogens is 5. The van der Waals surface area contributed by atoms with Crippen LogP contribution in [0.4, 0.5) is 13.2 Å². The summed E-state index contributed by atoms with van der Waals surface area (Å²) in [6.07, 6.45) is -4.78. The van der Waals surface area contributed by atoms with Crippen molar-refractivity contribution < 1.29 is 17.6 Å². The first-order chi connectivity index (χ1) is 10.2. The fraction of sp³-hybridized carbons (Fsp3) is 0.231. The molecule has 4 nitrogen and oxygen atoms in total. The summed E-state index contributed by atoms with van der Waals surface area (Å²) in [6, 6.07) is 7.10. The number of nitrogens with one attached hydrogen (secondary N) is 1. The van der Waals surface area contributed by atoms with Crippen LogP contribution >= 0.6 is 27.5 Å². The number of hydrogen-bond acceptors (Lipinski definition) is 3. The number of rotatable bonds is 1. The van der Waals surface area contributed by atoms with Crippen molar-refractivity contribution in [2.45, 2.75) is 16.0 Å². The molecule has 0 bridgehead atoms. The molecule has 0 saturated carbocycles. The summed E-state index contributed by atoms with van der Waals surface area (Å²) in [5.41, 5.74) is -1.11. The van der Waals surface area contributed by atoms with Gasteiger partial charge in [-0.15, -0.1) is 0 Å². The fourth-order valence-corrected chi connectivity index (χ4v) is 3.50. The normalized spacial score (nSPS) is 24.8. The van der Waals surface area contributed by atoms with Gasteiger partial charge in [0.05, 0.1) is 5.57 Å². The zero-order valence-electron chi connectivity index (χ0n) is 10.6. The third-order valence-electron chi connectivity index (χ3n) is 3.20. The summed E-state index contributed by atoms with van der Waals surface area (Å²) < 4.78 is 43.0. The van der Waals surface area contributed by atoms with E-state index in [2.05, 4.69) is 20.9 Å². The molecule has 1 aromatic heterocycles. The lowest BCUT2D eigenvalue weighted by atomic mass is 9.96. The van der Waals surface area contributed by atoms with Gasteiger partial charge in [0.15, 0.2) is 3.78 Å². The molecule has 116 valence electrons. The van der Waals surface area contributed by atoms with Crippen molar-refractivity contribution in [3.05, 3.63) is 57.3 Å². The predicted molar refractivity (Wildman–Crippen MR) is 76.3 cm³/mol. The molecular formula is C13H7BrClF3N2O2. The number of hydrogen-bond donors (Lipinski definition) is 1. The molecule has 1 aliphatic heterocycles. The van der Waals surface area contributed by atoms with Crippen molar-refractivity contribution in [3.63, 3.8) is 0 Å². The van der Waals surface area contributed by atoms with E-state index < -0.39 is 38.2 Å². The molecule has 1 aliphatic rings. The maximum Gasteiger partial charge on any atom is 0.418 e. The smallest absolute Gasteiger partial charge is 0.389 e. The number of aromatic nitrogens is 1. The Balaban J connectivity index is 2.37. The highest BCUT2D eigenvalue weighted by atomic mass is 79.9. The van der Waals surface area contributed by atoms with Crippen LogP contribution in [0.1, 0.15) is 11.6 Å². The summed E-state index contributed by atoms with van der Waals surface area (Å²) in [5, 5.41) is -0.559. The van der Waals surface area contributed by atoms with Crippen LogP contribution in [0.2, 0.25) is 0 Å². The third kappa shape index (κ3) is 2.40. The zero-order chi connectivity index (χ0) is 16.1. The number of fused-ring (bicyclic) bond motifs is 1. The minimum Gasteiger partial charge on any atom is -0.389 e. The van der Waals surface area contributed by atoms with E-state index in [9.17, 15) is 18.0 Å². The number of oxazole rings is 1. The molecule has 2 aromatic rings. The Morgan fingerprint density at radius 3 is 2.55 bits per heavy atom. The Morgan fingerprint density at radius 1 is 1.32 bits per heavy atom. The van der Waals surface area contributed by atoms with Crippen molar-refractivity contribution in [3.8, 4) is 0 Å². The lowest BCUT2D eigenvalue weighted by molar-refractivity contribution is -0.0739. The van der Waals surface area contributed by atoms with Gasteiger partial charge >= 0.3 is 11.9 Å². The van der Waals surface area contributed by atoms with E-state index >= 15 is 0 Å². The van der Waals surface area contributed by atoms with Crippen molar-refractivity contribution in [2.75, 3.05) is 0 Å². The molecule has 1 aromatic carbocycles. The van der Waals surface area contributed by atoms with Gasteiger partial charge in [-0.1, -0.05) is 57.9 Å². The van der Waals surface area contributed by atoms with E-state index in [0.717, 1.165) is 0 Å². The lowest BCUT2D eigenvalue weighted by Gasteiger charge is -2.32. The average molecular weight is 396 g/mol. The highest BCUT2D eigenvalue weighted by molar-refractivity contribution is 9.10. The van der Waals surface area contributed by atoms with Crippen LogP contribution < -0.4 is 16.7 Å². The molecule has 0 spiro atoms. The molecule has 1 N–H and O–H groups in total. The number of H-pyrrole nitrogens is 1. The van der Waals surface area contributed by atoms with Gasteiger partial charge in [-0.2, -0.15) is 13.2 Å². The third-order valence-corrected chi connectivity index (χ3v) is 4.43. The van der Waals surface area contributed by atoms with E-state index in [1.165, 1.54) is 0 Å². The molecular weight excluding hydrogens is 389 g/mol. The first kappa shape index (κ1) is 15.4. The van der Waals surface area contributed by atoms with Crippen LogP contribution in [0.25, 0.3) is 5.57 Å². The molecule has 0 amide bonds. The molecule has 9 heteroatoms. The van der Waals surface area contributed by atoms with E-state index in [1.54, 1.807) is 30.3 Å². The van der Waals surface area contributed by atoms with Crippen LogP contribution in [0.3, 0.4) is 0 Å². The molecule has 0 aliphatic carbocycles. The fourth-order valence-electron chi connectivity index (χ4n) is 2.33.